The lowest BCUT2D eigenvalue weighted by Gasteiger charge is -2.27. The topological polar surface area (TPSA) is 24.3 Å². The van der Waals surface area contributed by atoms with E-state index in [0.717, 1.165) is 38.2 Å². The van der Waals surface area contributed by atoms with Crippen LogP contribution in [0.25, 0.3) is 0 Å². The van der Waals surface area contributed by atoms with Crippen LogP contribution in [-0.4, -0.2) is 40.2 Å². The highest BCUT2D eigenvalue weighted by Gasteiger charge is 2.23. The van der Waals surface area contributed by atoms with E-state index in [1.54, 1.807) is 0 Å². The zero-order valence-electron chi connectivity index (χ0n) is 13.5. The van der Waals surface area contributed by atoms with Gasteiger partial charge in [0, 0.05) is 38.8 Å². The molecule has 2 aromatic rings. The standard InChI is InChI=1S/C17H23FN4/c1-20(2)11-16-15-8-9-22(12-17(15)21(3)19-16)10-13-4-6-14(18)7-5-13/h4-7H,8-12H2,1-3H3. The Morgan fingerprint density at radius 2 is 1.95 bits per heavy atom. The van der Waals surface area contributed by atoms with Crippen molar-refractivity contribution in [1.82, 2.24) is 19.6 Å². The van der Waals surface area contributed by atoms with Gasteiger partial charge >= 0.3 is 0 Å². The summed E-state index contributed by atoms with van der Waals surface area (Å²) in [7, 11) is 6.18. The van der Waals surface area contributed by atoms with Gasteiger partial charge in [-0.15, -0.1) is 0 Å². The van der Waals surface area contributed by atoms with Crippen LogP contribution in [0.5, 0.6) is 0 Å². The van der Waals surface area contributed by atoms with Crippen molar-refractivity contribution < 1.29 is 4.39 Å². The van der Waals surface area contributed by atoms with Gasteiger partial charge in [-0.25, -0.2) is 4.39 Å². The summed E-state index contributed by atoms with van der Waals surface area (Å²) in [4.78, 5) is 4.56. The van der Waals surface area contributed by atoms with E-state index in [-0.39, 0.29) is 5.82 Å². The van der Waals surface area contributed by atoms with Crippen LogP contribution in [0, 0.1) is 5.82 Å². The molecule has 2 heterocycles. The molecular weight excluding hydrogens is 279 g/mol. The summed E-state index contributed by atoms with van der Waals surface area (Å²) >= 11 is 0. The summed E-state index contributed by atoms with van der Waals surface area (Å²) in [6, 6.07) is 6.80. The largest absolute Gasteiger partial charge is 0.303 e. The fourth-order valence-corrected chi connectivity index (χ4v) is 3.12. The quantitative estimate of drug-likeness (QED) is 0.865. The average Bonchev–Trinajstić information content (AvgIpc) is 2.77. The molecule has 0 saturated carbocycles. The second-order valence-electron chi connectivity index (χ2n) is 6.32. The first-order chi connectivity index (χ1) is 10.5. The Balaban J connectivity index is 1.73. The van der Waals surface area contributed by atoms with Crippen LogP contribution in [0.15, 0.2) is 24.3 Å². The third-order valence-corrected chi connectivity index (χ3v) is 4.19. The number of nitrogens with zero attached hydrogens (tertiary/aromatic N) is 4. The molecule has 1 aliphatic heterocycles. The highest BCUT2D eigenvalue weighted by Crippen LogP contribution is 2.24. The number of halogens is 1. The number of aryl methyl sites for hydroxylation is 1. The van der Waals surface area contributed by atoms with E-state index in [1.165, 1.54) is 29.1 Å². The SMILES string of the molecule is CN(C)Cc1nn(C)c2c1CCN(Cc1ccc(F)cc1)C2. The molecule has 1 aromatic carbocycles. The molecule has 1 aromatic heterocycles. The Kier molecular flexibility index (Phi) is 4.27. The maximum Gasteiger partial charge on any atom is 0.123 e. The first kappa shape index (κ1) is 15.2. The Labute approximate surface area is 131 Å². The molecule has 0 saturated heterocycles. The maximum atomic E-state index is 13.0. The maximum absolute atomic E-state index is 13.0. The predicted octanol–water partition coefficient (Wildman–Crippen LogP) is 2.18. The number of aromatic nitrogens is 2. The molecule has 0 bridgehead atoms. The minimum Gasteiger partial charge on any atom is -0.303 e. The monoisotopic (exact) mass is 302 g/mol. The summed E-state index contributed by atoms with van der Waals surface area (Å²) in [5, 5.41) is 4.68. The van der Waals surface area contributed by atoms with Gasteiger partial charge in [0.05, 0.1) is 11.4 Å². The normalized spacial score (nSPS) is 15.3. The summed E-state index contributed by atoms with van der Waals surface area (Å²) in [5.74, 6) is -0.176. The van der Waals surface area contributed by atoms with Gasteiger partial charge in [0.15, 0.2) is 0 Å². The van der Waals surface area contributed by atoms with Gasteiger partial charge in [0.2, 0.25) is 0 Å². The molecule has 0 aliphatic carbocycles. The highest BCUT2D eigenvalue weighted by atomic mass is 19.1. The summed E-state index contributed by atoms with van der Waals surface area (Å²) < 4.78 is 15.0. The second-order valence-corrected chi connectivity index (χ2v) is 6.32. The first-order valence-electron chi connectivity index (χ1n) is 7.68. The number of rotatable bonds is 4. The molecule has 0 radical (unpaired) electrons. The van der Waals surface area contributed by atoms with Crippen LogP contribution < -0.4 is 0 Å². The molecule has 0 amide bonds. The Morgan fingerprint density at radius 3 is 2.64 bits per heavy atom. The highest BCUT2D eigenvalue weighted by molar-refractivity contribution is 5.29. The van der Waals surface area contributed by atoms with Gasteiger partial charge in [0.1, 0.15) is 5.82 Å². The van der Waals surface area contributed by atoms with Crippen molar-refractivity contribution in [2.75, 3.05) is 20.6 Å². The molecule has 0 fully saturated rings. The number of fused-ring (bicyclic) bond motifs is 1. The number of benzene rings is 1. The van der Waals surface area contributed by atoms with Gasteiger partial charge < -0.3 is 4.90 Å². The average molecular weight is 302 g/mol. The van der Waals surface area contributed by atoms with Crippen LogP contribution in [0.1, 0.15) is 22.5 Å². The molecule has 118 valence electrons. The zero-order valence-corrected chi connectivity index (χ0v) is 13.5. The van der Waals surface area contributed by atoms with Crippen molar-refractivity contribution in [2.24, 2.45) is 7.05 Å². The van der Waals surface area contributed by atoms with E-state index in [2.05, 4.69) is 29.0 Å². The Bertz CT molecular complexity index is 645. The molecule has 22 heavy (non-hydrogen) atoms. The van der Waals surface area contributed by atoms with Crippen molar-refractivity contribution in [2.45, 2.75) is 26.1 Å². The first-order valence-corrected chi connectivity index (χ1v) is 7.68. The van der Waals surface area contributed by atoms with E-state index in [9.17, 15) is 4.39 Å². The minimum absolute atomic E-state index is 0.176. The Morgan fingerprint density at radius 1 is 1.23 bits per heavy atom. The van der Waals surface area contributed by atoms with Crippen molar-refractivity contribution in [3.63, 3.8) is 0 Å². The van der Waals surface area contributed by atoms with Crippen molar-refractivity contribution in [3.05, 3.63) is 52.6 Å². The van der Waals surface area contributed by atoms with E-state index in [4.69, 9.17) is 0 Å². The van der Waals surface area contributed by atoms with Crippen LogP contribution in [0.3, 0.4) is 0 Å². The van der Waals surface area contributed by atoms with Crippen LogP contribution >= 0.6 is 0 Å². The lowest BCUT2D eigenvalue weighted by atomic mass is 10.0. The molecule has 0 spiro atoms. The van der Waals surface area contributed by atoms with Gasteiger partial charge in [-0.3, -0.25) is 9.58 Å². The summed E-state index contributed by atoms with van der Waals surface area (Å²) in [5.41, 5.74) is 5.07. The zero-order chi connectivity index (χ0) is 15.7. The Hall–Kier alpha value is -1.72. The third-order valence-electron chi connectivity index (χ3n) is 4.19. The number of hydrogen-bond acceptors (Lipinski definition) is 3. The smallest absolute Gasteiger partial charge is 0.123 e. The second kappa shape index (κ2) is 6.18. The molecule has 0 unspecified atom stereocenters. The molecular formula is C17H23FN4. The summed E-state index contributed by atoms with van der Waals surface area (Å²) in [6.45, 7) is 3.68. The van der Waals surface area contributed by atoms with E-state index in [0.29, 0.717) is 0 Å². The molecule has 3 rings (SSSR count). The number of hydrogen-bond donors (Lipinski definition) is 0. The summed E-state index contributed by atoms with van der Waals surface area (Å²) in [6.07, 6.45) is 1.04. The van der Waals surface area contributed by atoms with Crippen molar-refractivity contribution >= 4 is 0 Å². The van der Waals surface area contributed by atoms with E-state index in [1.807, 2.05) is 23.9 Å². The molecule has 0 N–H and O–H groups in total. The fraction of sp³-hybridized carbons (Fsp3) is 0.471. The van der Waals surface area contributed by atoms with Crippen LogP contribution in [0.4, 0.5) is 4.39 Å². The minimum atomic E-state index is -0.176. The van der Waals surface area contributed by atoms with Gasteiger partial charge in [0.25, 0.3) is 0 Å². The van der Waals surface area contributed by atoms with E-state index < -0.39 is 0 Å². The van der Waals surface area contributed by atoms with Crippen molar-refractivity contribution in [3.8, 4) is 0 Å². The van der Waals surface area contributed by atoms with Gasteiger partial charge in [-0.1, -0.05) is 12.1 Å². The molecule has 4 nitrogen and oxygen atoms in total. The van der Waals surface area contributed by atoms with E-state index >= 15 is 0 Å². The lowest BCUT2D eigenvalue weighted by molar-refractivity contribution is 0.238. The van der Waals surface area contributed by atoms with Crippen LogP contribution in [0.2, 0.25) is 0 Å². The molecule has 1 aliphatic rings. The lowest BCUT2D eigenvalue weighted by Crippen LogP contribution is -2.31. The van der Waals surface area contributed by atoms with Gasteiger partial charge in [-0.05, 0) is 38.2 Å². The fourth-order valence-electron chi connectivity index (χ4n) is 3.12. The van der Waals surface area contributed by atoms with Gasteiger partial charge in [-0.2, -0.15) is 5.10 Å². The molecule has 0 atom stereocenters. The predicted molar refractivity (Wildman–Crippen MR) is 84.8 cm³/mol. The van der Waals surface area contributed by atoms with Crippen molar-refractivity contribution in [1.29, 1.82) is 0 Å². The van der Waals surface area contributed by atoms with Crippen LogP contribution in [-0.2, 0) is 33.1 Å². The molecule has 5 heteroatoms. The third kappa shape index (κ3) is 3.20.